The molecule has 2 N–H and O–H groups in total. The van der Waals surface area contributed by atoms with Gasteiger partial charge in [0.25, 0.3) is 0 Å². The third-order valence-electron chi connectivity index (χ3n) is 1.57. The first kappa shape index (κ1) is 8.75. The molecule has 0 fully saturated rings. The minimum absolute atomic E-state index is 0.246. The molecule has 2 heteroatoms. The summed E-state index contributed by atoms with van der Waals surface area (Å²) in [5.41, 5.74) is 6.80. The summed E-state index contributed by atoms with van der Waals surface area (Å²) in [6, 6.07) is 8.06. The minimum Gasteiger partial charge on any atom is -0.322 e. The van der Waals surface area contributed by atoms with Gasteiger partial charge >= 0.3 is 0 Å². The van der Waals surface area contributed by atoms with Crippen molar-refractivity contribution in [2.24, 2.45) is 5.73 Å². The van der Waals surface area contributed by atoms with Crippen LogP contribution >= 0.6 is 15.9 Å². The Hall–Kier alpha value is -0.340. The third-order valence-corrected chi connectivity index (χ3v) is 2.06. The van der Waals surface area contributed by atoms with Gasteiger partial charge in [-0.15, -0.1) is 0 Å². The van der Waals surface area contributed by atoms with Crippen molar-refractivity contribution in [2.75, 3.05) is 0 Å². The van der Waals surface area contributed by atoms with Crippen molar-refractivity contribution in [3.05, 3.63) is 34.3 Å². The van der Waals surface area contributed by atoms with Crippen molar-refractivity contribution >= 4 is 15.9 Å². The average molecular weight is 214 g/mol. The van der Waals surface area contributed by atoms with Crippen molar-refractivity contribution in [2.45, 2.75) is 19.4 Å². The van der Waals surface area contributed by atoms with Gasteiger partial charge in [0, 0.05) is 10.0 Å². The first-order chi connectivity index (χ1) is 5.00. The lowest BCUT2D eigenvalue weighted by Crippen LogP contribution is -2.28. The molecular formula is C9H12BrN. The normalized spacial score (nSPS) is 11.6. The number of benzene rings is 1. The highest BCUT2D eigenvalue weighted by molar-refractivity contribution is 9.10. The molecule has 1 rings (SSSR count). The van der Waals surface area contributed by atoms with Gasteiger partial charge in [-0.3, -0.25) is 0 Å². The maximum Gasteiger partial charge on any atom is 0.0352 e. The van der Waals surface area contributed by atoms with Gasteiger partial charge in [0.05, 0.1) is 0 Å². The van der Waals surface area contributed by atoms with Gasteiger partial charge in [-0.2, -0.15) is 0 Å². The summed E-state index contributed by atoms with van der Waals surface area (Å²) < 4.78 is 1.08. The second-order valence-corrected chi connectivity index (χ2v) is 4.15. The van der Waals surface area contributed by atoms with Crippen LogP contribution in [-0.2, 0) is 5.54 Å². The van der Waals surface area contributed by atoms with Crippen LogP contribution in [0.4, 0.5) is 0 Å². The van der Waals surface area contributed by atoms with E-state index < -0.39 is 0 Å². The van der Waals surface area contributed by atoms with E-state index in [0.717, 1.165) is 10.0 Å². The van der Waals surface area contributed by atoms with Crippen molar-refractivity contribution < 1.29 is 0 Å². The third kappa shape index (κ3) is 2.31. The molecule has 0 unspecified atom stereocenters. The van der Waals surface area contributed by atoms with Gasteiger partial charge in [-0.25, -0.2) is 0 Å². The quantitative estimate of drug-likeness (QED) is 0.763. The molecule has 0 radical (unpaired) electrons. The smallest absolute Gasteiger partial charge is 0.0352 e. The van der Waals surface area contributed by atoms with E-state index in [1.54, 1.807) is 0 Å². The van der Waals surface area contributed by atoms with E-state index in [-0.39, 0.29) is 5.54 Å². The van der Waals surface area contributed by atoms with Crippen molar-refractivity contribution in [1.29, 1.82) is 0 Å². The zero-order chi connectivity index (χ0) is 8.48. The van der Waals surface area contributed by atoms with E-state index in [9.17, 15) is 0 Å². The fourth-order valence-corrected chi connectivity index (χ4v) is 1.29. The summed E-state index contributed by atoms with van der Waals surface area (Å²) in [6.45, 7) is 3.99. The first-order valence-electron chi connectivity index (χ1n) is 3.55. The van der Waals surface area contributed by atoms with E-state index in [0.29, 0.717) is 0 Å². The number of nitrogens with two attached hydrogens (primary N) is 1. The van der Waals surface area contributed by atoms with Gasteiger partial charge in [0.15, 0.2) is 0 Å². The maximum absolute atomic E-state index is 5.90. The Balaban J connectivity index is 3.06. The molecule has 0 atom stereocenters. The fraction of sp³-hybridized carbons (Fsp3) is 0.333. The van der Waals surface area contributed by atoms with Gasteiger partial charge in [-0.1, -0.05) is 28.1 Å². The molecule has 0 bridgehead atoms. The average Bonchev–Trinajstić information content (AvgIpc) is 1.86. The number of halogens is 1. The van der Waals surface area contributed by atoms with Crippen LogP contribution in [0.5, 0.6) is 0 Å². The molecule has 11 heavy (non-hydrogen) atoms. The molecule has 0 aliphatic carbocycles. The Morgan fingerprint density at radius 3 is 2.36 bits per heavy atom. The molecule has 0 saturated heterocycles. The second kappa shape index (κ2) is 2.95. The lowest BCUT2D eigenvalue weighted by atomic mass is 9.96. The Morgan fingerprint density at radius 2 is 2.00 bits per heavy atom. The van der Waals surface area contributed by atoms with Crippen molar-refractivity contribution in [3.63, 3.8) is 0 Å². The van der Waals surface area contributed by atoms with Crippen LogP contribution in [0.1, 0.15) is 19.4 Å². The number of rotatable bonds is 1. The molecule has 0 aliphatic rings. The SMILES string of the molecule is CC(C)(N)c1cccc(Br)c1. The summed E-state index contributed by atoms with van der Waals surface area (Å²) >= 11 is 3.40. The van der Waals surface area contributed by atoms with Gasteiger partial charge in [0.2, 0.25) is 0 Å². The summed E-state index contributed by atoms with van der Waals surface area (Å²) in [4.78, 5) is 0. The monoisotopic (exact) mass is 213 g/mol. The van der Waals surface area contributed by atoms with E-state index in [1.807, 2.05) is 38.1 Å². The summed E-state index contributed by atoms with van der Waals surface area (Å²) in [6.07, 6.45) is 0. The molecule has 1 aromatic carbocycles. The van der Waals surface area contributed by atoms with E-state index in [4.69, 9.17) is 5.73 Å². The van der Waals surface area contributed by atoms with Crippen molar-refractivity contribution in [1.82, 2.24) is 0 Å². The van der Waals surface area contributed by atoms with Gasteiger partial charge < -0.3 is 5.73 Å². The highest BCUT2D eigenvalue weighted by Gasteiger charge is 2.12. The fourth-order valence-electron chi connectivity index (χ4n) is 0.889. The molecular weight excluding hydrogens is 202 g/mol. The second-order valence-electron chi connectivity index (χ2n) is 3.23. The van der Waals surface area contributed by atoms with Crippen LogP contribution in [0.3, 0.4) is 0 Å². The van der Waals surface area contributed by atoms with Crippen LogP contribution in [-0.4, -0.2) is 0 Å². The molecule has 0 amide bonds. The van der Waals surface area contributed by atoms with E-state index in [1.165, 1.54) is 0 Å². The molecule has 1 aromatic rings. The first-order valence-corrected chi connectivity index (χ1v) is 4.34. The molecule has 0 saturated carbocycles. The van der Waals surface area contributed by atoms with Crippen LogP contribution in [0.2, 0.25) is 0 Å². The predicted octanol–water partition coefficient (Wildman–Crippen LogP) is 2.64. The van der Waals surface area contributed by atoms with Crippen LogP contribution in [0.25, 0.3) is 0 Å². The molecule has 0 aromatic heterocycles. The van der Waals surface area contributed by atoms with Gasteiger partial charge in [-0.05, 0) is 31.5 Å². The highest BCUT2D eigenvalue weighted by atomic mass is 79.9. The van der Waals surface area contributed by atoms with Crippen LogP contribution in [0, 0.1) is 0 Å². The number of hydrogen-bond acceptors (Lipinski definition) is 1. The zero-order valence-corrected chi connectivity index (χ0v) is 8.35. The van der Waals surface area contributed by atoms with Crippen LogP contribution in [0.15, 0.2) is 28.7 Å². The molecule has 1 nitrogen and oxygen atoms in total. The molecule has 0 aliphatic heterocycles. The molecule has 0 spiro atoms. The minimum atomic E-state index is -0.246. The van der Waals surface area contributed by atoms with E-state index >= 15 is 0 Å². The van der Waals surface area contributed by atoms with Crippen molar-refractivity contribution in [3.8, 4) is 0 Å². The van der Waals surface area contributed by atoms with E-state index in [2.05, 4.69) is 15.9 Å². The largest absolute Gasteiger partial charge is 0.322 e. The summed E-state index contributed by atoms with van der Waals surface area (Å²) in [5, 5.41) is 0. The van der Waals surface area contributed by atoms with Gasteiger partial charge in [0.1, 0.15) is 0 Å². The van der Waals surface area contributed by atoms with Crippen LogP contribution < -0.4 is 5.73 Å². The Bertz CT molecular complexity index is 250. The summed E-state index contributed by atoms with van der Waals surface area (Å²) in [7, 11) is 0. The molecule has 0 heterocycles. The lowest BCUT2D eigenvalue weighted by molar-refractivity contribution is 0.554. The Kier molecular flexibility index (Phi) is 2.35. The summed E-state index contributed by atoms with van der Waals surface area (Å²) in [5.74, 6) is 0. The zero-order valence-electron chi connectivity index (χ0n) is 6.76. The Labute approximate surface area is 75.7 Å². The molecule has 60 valence electrons. The number of hydrogen-bond donors (Lipinski definition) is 1. The Morgan fingerprint density at radius 1 is 1.36 bits per heavy atom. The highest BCUT2D eigenvalue weighted by Crippen LogP contribution is 2.20. The lowest BCUT2D eigenvalue weighted by Gasteiger charge is -2.18. The maximum atomic E-state index is 5.90. The predicted molar refractivity (Wildman–Crippen MR) is 51.4 cm³/mol. The standard InChI is InChI=1S/C9H12BrN/c1-9(2,11)7-4-3-5-8(10)6-7/h3-6H,11H2,1-2H3. The topological polar surface area (TPSA) is 26.0 Å².